The van der Waals surface area contributed by atoms with Gasteiger partial charge in [-0.05, 0) is 44.5 Å². The Labute approximate surface area is 115 Å². The van der Waals surface area contributed by atoms with Crippen LogP contribution in [0, 0.1) is 20.8 Å². The number of nitrogens with two attached hydrogens (primary N) is 1. The van der Waals surface area contributed by atoms with E-state index in [0.29, 0.717) is 6.73 Å². The van der Waals surface area contributed by atoms with Gasteiger partial charge in [-0.1, -0.05) is 15.9 Å². The number of hydrogen-bond acceptors (Lipinski definition) is 3. The third kappa shape index (κ3) is 2.51. The second-order valence-corrected chi connectivity index (χ2v) is 5.18. The molecule has 0 aliphatic rings. The molecule has 0 fully saturated rings. The van der Waals surface area contributed by atoms with Gasteiger partial charge in [-0.2, -0.15) is 5.10 Å². The zero-order valence-corrected chi connectivity index (χ0v) is 12.3. The summed E-state index contributed by atoms with van der Waals surface area (Å²) in [5.74, 6) is 0.851. The maximum absolute atomic E-state index is 5.88. The number of aryl methyl sites for hydroxylation is 2. The molecular formula is C13H16BrN3O. The summed E-state index contributed by atoms with van der Waals surface area (Å²) < 4.78 is 8.57. The molecule has 18 heavy (non-hydrogen) atoms. The summed E-state index contributed by atoms with van der Waals surface area (Å²) in [5, 5.41) is 4.33. The summed E-state index contributed by atoms with van der Waals surface area (Å²) in [5.41, 5.74) is 9.46. The maximum Gasteiger partial charge on any atom is 0.181 e. The molecule has 2 aromatic rings. The van der Waals surface area contributed by atoms with Crippen LogP contribution in [0.4, 0.5) is 5.69 Å². The van der Waals surface area contributed by atoms with Crippen molar-refractivity contribution in [3.05, 3.63) is 39.6 Å². The first-order valence-corrected chi connectivity index (χ1v) is 6.46. The molecule has 0 bridgehead atoms. The molecule has 0 saturated heterocycles. The van der Waals surface area contributed by atoms with Crippen molar-refractivity contribution in [2.45, 2.75) is 27.5 Å². The topological polar surface area (TPSA) is 53.1 Å². The predicted octanol–water partition coefficient (Wildman–Crippen LogP) is 3.19. The summed E-state index contributed by atoms with van der Waals surface area (Å²) in [6.07, 6.45) is 0. The Morgan fingerprint density at radius 3 is 2.61 bits per heavy atom. The minimum absolute atomic E-state index is 0.367. The summed E-state index contributed by atoms with van der Waals surface area (Å²) in [6, 6.07) is 5.91. The Hall–Kier alpha value is -1.49. The highest BCUT2D eigenvalue weighted by Crippen LogP contribution is 2.23. The molecule has 0 aliphatic heterocycles. The molecule has 1 aromatic heterocycles. The van der Waals surface area contributed by atoms with E-state index in [1.807, 2.05) is 39.0 Å². The van der Waals surface area contributed by atoms with Crippen LogP contribution in [0.5, 0.6) is 5.75 Å². The lowest BCUT2D eigenvalue weighted by atomic mass is 10.2. The molecule has 0 amide bonds. The Kier molecular flexibility index (Phi) is 3.61. The van der Waals surface area contributed by atoms with Crippen molar-refractivity contribution in [1.29, 1.82) is 0 Å². The van der Waals surface area contributed by atoms with Crippen molar-refractivity contribution in [3.8, 4) is 5.75 Å². The van der Waals surface area contributed by atoms with Gasteiger partial charge in [0.2, 0.25) is 0 Å². The molecule has 4 nitrogen and oxygen atoms in total. The molecule has 0 unspecified atom stereocenters. The summed E-state index contributed by atoms with van der Waals surface area (Å²) in [4.78, 5) is 0. The number of nitrogens with zero attached hydrogens (tertiary/aromatic N) is 2. The Balaban J connectivity index is 2.14. The first kappa shape index (κ1) is 13.0. The Morgan fingerprint density at radius 2 is 2.06 bits per heavy atom. The van der Waals surface area contributed by atoms with Crippen LogP contribution in [0.15, 0.2) is 22.7 Å². The fourth-order valence-corrected chi connectivity index (χ4v) is 2.22. The van der Waals surface area contributed by atoms with E-state index in [2.05, 4.69) is 21.0 Å². The van der Waals surface area contributed by atoms with Crippen LogP contribution in [-0.4, -0.2) is 9.78 Å². The van der Waals surface area contributed by atoms with E-state index >= 15 is 0 Å². The summed E-state index contributed by atoms with van der Waals surface area (Å²) in [7, 11) is 0. The second kappa shape index (κ2) is 5.02. The van der Waals surface area contributed by atoms with Crippen LogP contribution in [0.1, 0.15) is 17.0 Å². The highest BCUT2D eigenvalue weighted by atomic mass is 79.9. The summed E-state index contributed by atoms with van der Waals surface area (Å²) >= 11 is 3.43. The van der Waals surface area contributed by atoms with Gasteiger partial charge in [-0.15, -0.1) is 0 Å². The van der Waals surface area contributed by atoms with Gasteiger partial charge in [0.15, 0.2) is 6.73 Å². The van der Waals surface area contributed by atoms with Crippen molar-refractivity contribution in [2.24, 2.45) is 0 Å². The lowest BCUT2D eigenvalue weighted by Gasteiger charge is -2.10. The predicted molar refractivity (Wildman–Crippen MR) is 75.6 cm³/mol. The van der Waals surface area contributed by atoms with E-state index in [1.54, 1.807) is 4.68 Å². The van der Waals surface area contributed by atoms with Crippen molar-refractivity contribution >= 4 is 21.6 Å². The van der Waals surface area contributed by atoms with Crippen LogP contribution >= 0.6 is 15.9 Å². The van der Waals surface area contributed by atoms with Crippen LogP contribution in [0.3, 0.4) is 0 Å². The minimum atomic E-state index is 0.367. The van der Waals surface area contributed by atoms with Gasteiger partial charge in [0.1, 0.15) is 5.75 Å². The molecule has 1 heterocycles. The van der Waals surface area contributed by atoms with Crippen LogP contribution in [0.2, 0.25) is 0 Å². The zero-order valence-electron chi connectivity index (χ0n) is 10.7. The molecule has 0 aliphatic carbocycles. The van der Waals surface area contributed by atoms with Gasteiger partial charge in [-0.25, -0.2) is 4.68 Å². The molecule has 0 spiro atoms. The van der Waals surface area contributed by atoms with Gasteiger partial charge < -0.3 is 10.5 Å². The van der Waals surface area contributed by atoms with E-state index in [9.17, 15) is 0 Å². The van der Waals surface area contributed by atoms with Gasteiger partial charge in [0.05, 0.1) is 17.1 Å². The van der Waals surface area contributed by atoms with Crippen LogP contribution in [0.25, 0.3) is 0 Å². The van der Waals surface area contributed by atoms with Gasteiger partial charge in [0.25, 0.3) is 0 Å². The van der Waals surface area contributed by atoms with Gasteiger partial charge >= 0.3 is 0 Å². The van der Waals surface area contributed by atoms with Crippen molar-refractivity contribution in [3.63, 3.8) is 0 Å². The average molecular weight is 310 g/mol. The number of halogens is 1. The van der Waals surface area contributed by atoms with Crippen LogP contribution in [-0.2, 0) is 6.73 Å². The number of hydrogen-bond donors (Lipinski definition) is 1. The molecule has 5 heteroatoms. The quantitative estimate of drug-likeness (QED) is 0.947. The number of rotatable bonds is 3. The average Bonchev–Trinajstić information content (AvgIpc) is 2.56. The van der Waals surface area contributed by atoms with E-state index < -0.39 is 0 Å². The Bertz CT molecular complexity index is 578. The molecule has 96 valence electrons. The first-order chi connectivity index (χ1) is 8.49. The fraction of sp³-hybridized carbons (Fsp3) is 0.308. The number of ether oxygens (including phenoxy) is 1. The standard InChI is InChI=1S/C13H16BrN3O/c1-8-6-11(14)4-5-12(8)18-7-17-10(3)13(15)9(2)16-17/h4-6H,7,15H2,1-3H3. The third-order valence-corrected chi connectivity index (χ3v) is 3.41. The summed E-state index contributed by atoms with van der Waals surface area (Å²) in [6.45, 7) is 6.21. The zero-order chi connectivity index (χ0) is 13.3. The van der Waals surface area contributed by atoms with Crippen molar-refractivity contribution in [1.82, 2.24) is 9.78 Å². The molecule has 0 saturated carbocycles. The molecule has 2 N–H and O–H groups in total. The van der Waals surface area contributed by atoms with E-state index in [-0.39, 0.29) is 0 Å². The number of benzene rings is 1. The smallest absolute Gasteiger partial charge is 0.181 e. The third-order valence-electron chi connectivity index (χ3n) is 2.92. The maximum atomic E-state index is 5.88. The second-order valence-electron chi connectivity index (χ2n) is 4.27. The molecule has 0 atom stereocenters. The van der Waals surface area contributed by atoms with Gasteiger partial charge in [-0.3, -0.25) is 0 Å². The lowest BCUT2D eigenvalue weighted by Crippen LogP contribution is -2.09. The monoisotopic (exact) mass is 309 g/mol. The lowest BCUT2D eigenvalue weighted by molar-refractivity contribution is 0.216. The normalized spacial score (nSPS) is 10.7. The van der Waals surface area contributed by atoms with E-state index in [1.165, 1.54) is 0 Å². The molecule has 0 radical (unpaired) electrons. The van der Waals surface area contributed by atoms with Crippen molar-refractivity contribution in [2.75, 3.05) is 5.73 Å². The molecule has 2 rings (SSSR count). The highest BCUT2D eigenvalue weighted by molar-refractivity contribution is 9.10. The van der Waals surface area contributed by atoms with Gasteiger partial charge in [0, 0.05) is 4.47 Å². The highest BCUT2D eigenvalue weighted by Gasteiger charge is 2.08. The fourth-order valence-electron chi connectivity index (χ4n) is 1.74. The Morgan fingerprint density at radius 1 is 1.33 bits per heavy atom. The molecular weight excluding hydrogens is 294 g/mol. The first-order valence-electron chi connectivity index (χ1n) is 5.67. The molecule has 1 aromatic carbocycles. The van der Waals surface area contributed by atoms with E-state index in [4.69, 9.17) is 10.5 Å². The van der Waals surface area contributed by atoms with Crippen molar-refractivity contribution < 1.29 is 4.74 Å². The minimum Gasteiger partial charge on any atom is -0.471 e. The van der Waals surface area contributed by atoms with E-state index in [0.717, 1.165) is 32.9 Å². The SMILES string of the molecule is Cc1cc(Br)ccc1OCn1nc(C)c(N)c1C. The number of anilines is 1. The number of aromatic nitrogens is 2. The van der Waals surface area contributed by atoms with Crippen LogP contribution < -0.4 is 10.5 Å². The largest absolute Gasteiger partial charge is 0.471 e. The number of nitrogen functional groups attached to an aromatic ring is 1.